The maximum Gasteiger partial charge on any atom is 0.293 e. The van der Waals surface area contributed by atoms with E-state index in [0.717, 1.165) is 22.4 Å². The highest BCUT2D eigenvalue weighted by Gasteiger charge is 2.26. The van der Waals surface area contributed by atoms with Crippen LogP contribution in [0.5, 0.6) is 0 Å². The zero-order valence-corrected chi connectivity index (χ0v) is 16.5. The number of benzene rings is 2. The van der Waals surface area contributed by atoms with E-state index in [2.05, 4.69) is 20.7 Å². The second-order valence-electron chi connectivity index (χ2n) is 7.20. The van der Waals surface area contributed by atoms with Crippen LogP contribution in [0.15, 0.2) is 77.4 Å². The molecule has 1 aliphatic rings. The summed E-state index contributed by atoms with van der Waals surface area (Å²) in [5, 5.41) is 10.4. The molecular formula is C23H18FN5O2. The van der Waals surface area contributed by atoms with Crippen LogP contribution in [0.2, 0.25) is 0 Å². The number of rotatable bonds is 4. The number of furan rings is 1. The van der Waals surface area contributed by atoms with Gasteiger partial charge in [0, 0.05) is 5.70 Å². The van der Waals surface area contributed by atoms with Gasteiger partial charge in [0.15, 0.2) is 5.76 Å². The molecular weight excluding hydrogens is 397 g/mol. The molecule has 1 atom stereocenters. The molecule has 2 aromatic heterocycles. The number of hydrogen-bond acceptors (Lipinski definition) is 5. The number of anilines is 2. The molecule has 1 aliphatic heterocycles. The maximum absolute atomic E-state index is 13.5. The Morgan fingerprint density at radius 3 is 2.61 bits per heavy atom. The van der Waals surface area contributed by atoms with Gasteiger partial charge in [0.05, 0.1) is 6.26 Å². The average Bonchev–Trinajstić information content (AvgIpc) is 3.44. The molecule has 7 nitrogen and oxygen atoms in total. The highest BCUT2D eigenvalue weighted by Crippen LogP contribution is 2.33. The van der Waals surface area contributed by atoms with E-state index in [9.17, 15) is 9.18 Å². The second kappa shape index (κ2) is 7.56. The minimum Gasteiger partial charge on any atom is -0.459 e. The number of aryl methyl sites for hydroxylation is 1. The monoisotopic (exact) mass is 415 g/mol. The van der Waals surface area contributed by atoms with Gasteiger partial charge < -0.3 is 9.73 Å². The molecule has 1 amide bonds. The SMILES string of the molecule is Cc1ccc(C2=C[C@@H](c3ccc(F)cc3)n3nc(NC(=O)c4ccco4)nc3N2)cc1. The zero-order chi connectivity index (χ0) is 21.4. The Labute approximate surface area is 177 Å². The lowest BCUT2D eigenvalue weighted by molar-refractivity contribution is 0.0995. The Morgan fingerprint density at radius 2 is 1.90 bits per heavy atom. The summed E-state index contributed by atoms with van der Waals surface area (Å²) in [6, 6.07) is 17.2. The third-order valence-corrected chi connectivity index (χ3v) is 5.01. The van der Waals surface area contributed by atoms with Crippen molar-refractivity contribution in [3.05, 3.63) is 101 Å². The van der Waals surface area contributed by atoms with Gasteiger partial charge in [0.2, 0.25) is 5.95 Å². The number of fused-ring (bicyclic) bond motifs is 1. The van der Waals surface area contributed by atoms with Crippen LogP contribution in [0, 0.1) is 12.7 Å². The lowest BCUT2D eigenvalue weighted by Gasteiger charge is -2.24. The largest absolute Gasteiger partial charge is 0.459 e. The highest BCUT2D eigenvalue weighted by atomic mass is 19.1. The summed E-state index contributed by atoms with van der Waals surface area (Å²) in [5.41, 5.74) is 3.81. The molecule has 4 aromatic rings. The molecule has 0 saturated carbocycles. The van der Waals surface area contributed by atoms with Crippen molar-refractivity contribution in [2.75, 3.05) is 10.6 Å². The second-order valence-corrected chi connectivity index (χ2v) is 7.20. The van der Waals surface area contributed by atoms with Gasteiger partial charge in [-0.1, -0.05) is 42.0 Å². The van der Waals surface area contributed by atoms with Gasteiger partial charge in [-0.15, -0.1) is 5.10 Å². The molecule has 31 heavy (non-hydrogen) atoms. The minimum absolute atomic E-state index is 0.134. The Balaban J connectivity index is 1.53. The first-order valence-corrected chi connectivity index (χ1v) is 9.69. The first-order valence-electron chi connectivity index (χ1n) is 9.69. The van der Waals surface area contributed by atoms with Crippen molar-refractivity contribution in [1.29, 1.82) is 0 Å². The van der Waals surface area contributed by atoms with Crippen molar-refractivity contribution in [1.82, 2.24) is 14.8 Å². The Hall–Kier alpha value is -4.20. The summed E-state index contributed by atoms with van der Waals surface area (Å²) in [6.45, 7) is 2.03. The van der Waals surface area contributed by atoms with E-state index in [1.54, 1.807) is 28.9 Å². The third kappa shape index (κ3) is 3.71. The molecule has 0 fully saturated rings. The van der Waals surface area contributed by atoms with Crippen molar-refractivity contribution >= 4 is 23.5 Å². The molecule has 8 heteroatoms. The summed E-state index contributed by atoms with van der Waals surface area (Å²) >= 11 is 0. The quantitative estimate of drug-likeness (QED) is 0.508. The van der Waals surface area contributed by atoms with Crippen LogP contribution in [-0.2, 0) is 0 Å². The van der Waals surface area contributed by atoms with Crippen molar-refractivity contribution in [3.8, 4) is 0 Å². The van der Waals surface area contributed by atoms with E-state index >= 15 is 0 Å². The number of nitrogens with zero attached hydrogens (tertiary/aromatic N) is 3. The van der Waals surface area contributed by atoms with Crippen LogP contribution in [0.1, 0.15) is 33.3 Å². The minimum atomic E-state index is -0.446. The molecule has 0 bridgehead atoms. The summed E-state index contributed by atoms with van der Waals surface area (Å²) in [5.74, 6) is -0.00497. The van der Waals surface area contributed by atoms with Crippen molar-refractivity contribution in [3.63, 3.8) is 0 Å². The standard InChI is InChI=1S/C23H18FN5O2/c1-14-4-6-15(7-5-14)18-13-19(16-8-10-17(24)11-9-16)29-23(25-18)27-22(28-29)26-21(30)20-3-2-12-31-20/h2-13,19H,1H3,(H2,25,26,27,28,30)/t19-/m0/s1. The average molecular weight is 415 g/mol. The molecule has 0 spiro atoms. The molecule has 3 heterocycles. The fraction of sp³-hybridized carbons (Fsp3) is 0.0870. The fourth-order valence-corrected chi connectivity index (χ4v) is 3.42. The third-order valence-electron chi connectivity index (χ3n) is 5.01. The van der Waals surface area contributed by atoms with Gasteiger partial charge in [-0.05, 0) is 48.4 Å². The Kier molecular flexibility index (Phi) is 4.59. The first-order chi connectivity index (χ1) is 15.1. The molecule has 2 aromatic carbocycles. The van der Waals surface area contributed by atoms with Crippen LogP contribution in [0.3, 0.4) is 0 Å². The number of hydrogen-bond donors (Lipinski definition) is 2. The molecule has 0 radical (unpaired) electrons. The first kappa shape index (κ1) is 18.8. The van der Waals surface area contributed by atoms with Gasteiger partial charge in [0.1, 0.15) is 11.9 Å². The maximum atomic E-state index is 13.5. The lowest BCUT2D eigenvalue weighted by atomic mass is 10.0. The van der Waals surface area contributed by atoms with E-state index in [-0.39, 0.29) is 23.6 Å². The fourth-order valence-electron chi connectivity index (χ4n) is 3.42. The topological polar surface area (TPSA) is 85.0 Å². The predicted molar refractivity (Wildman–Crippen MR) is 114 cm³/mol. The smallest absolute Gasteiger partial charge is 0.293 e. The van der Waals surface area contributed by atoms with Crippen LogP contribution in [0.4, 0.5) is 16.3 Å². The number of carbonyl (C=O) groups is 1. The van der Waals surface area contributed by atoms with Crippen molar-refractivity contribution in [2.45, 2.75) is 13.0 Å². The molecule has 2 N–H and O–H groups in total. The van der Waals surface area contributed by atoms with Crippen molar-refractivity contribution in [2.24, 2.45) is 0 Å². The van der Waals surface area contributed by atoms with Gasteiger partial charge in [-0.2, -0.15) is 4.98 Å². The Bertz CT molecular complexity index is 1260. The van der Waals surface area contributed by atoms with Crippen LogP contribution in [-0.4, -0.2) is 20.7 Å². The molecule has 5 rings (SSSR count). The molecule has 0 saturated heterocycles. The van der Waals surface area contributed by atoms with Crippen LogP contribution < -0.4 is 10.6 Å². The Morgan fingerprint density at radius 1 is 1.13 bits per heavy atom. The number of allylic oxidation sites excluding steroid dienone is 1. The number of halogens is 1. The van der Waals surface area contributed by atoms with E-state index in [1.807, 2.05) is 37.3 Å². The number of carbonyl (C=O) groups excluding carboxylic acids is 1. The van der Waals surface area contributed by atoms with Gasteiger partial charge in [-0.25, -0.2) is 9.07 Å². The van der Waals surface area contributed by atoms with Crippen LogP contribution in [0.25, 0.3) is 5.70 Å². The normalized spacial score (nSPS) is 15.0. The van der Waals surface area contributed by atoms with Crippen molar-refractivity contribution < 1.29 is 13.6 Å². The van der Waals surface area contributed by atoms with E-state index in [1.165, 1.54) is 18.4 Å². The van der Waals surface area contributed by atoms with E-state index in [4.69, 9.17) is 4.42 Å². The zero-order valence-electron chi connectivity index (χ0n) is 16.5. The molecule has 0 unspecified atom stereocenters. The molecule has 154 valence electrons. The summed E-state index contributed by atoms with van der Waals surface area (Å²) in [6.07, 6.45) is 3.42. The number of nitrogens with one attached hydrogen (secondary N) is 2. The van der Waals surface area contributed by atoms with Gasteiger partial charge >= 0.3 is 0 Å². The summed E-state index contributed by atoms with van der Waals surface area (Å²) < 4.78 is 20.3. The summed E-state index contributed by atoms with van der Waals surface area (Å²) in [7, 11) is 0. The predicted octanol–water partition coefficient (Wildman–Crippen LogP) is 4.63. The number of amides is 1. The lowest BCUT2D eigenvalue weighted by Crippen LogP contribution is -2.20. The summed E-state index contributed by atoms with van der Waals surface area (Å²) in [4.78, 5) is 16.8. The number of aromatic nitrogens is 3. The van der Waals surface area contributed by atoms with Crippen LogP contribution >= 0.6 is 0 Å². The highest BCUT2D eigenvalue weighted by molar-refractivity contribution is 6.01. The van der Waals surface area contributed by atoms with E-state index in [0.29, 0.717) is 5.95 Å². The van der Waals surface area contributed by atoms with E-state index < -0.39 is 5.91 Å². The molecule has 0 aliphatic carbocycles. The van der Waals surface area contributed by atoms with Gasteiger partial charge in [-0.3, -0.25) is 10.1 Å². The van der Waals surface area contributed by atoms with Gasteiger partial charge in [0.25, 0.3) is 11.9 Å².